The van der Waals surface area contributed by atoms with E-state index in [-0.39, 0.29) is 0 Å². The van der Waals surface area contributed by atoms with Crippen LogP contribution in [-0.2, 0) is 11.2 Å². The number of rotatable bonds is 4. The monoisotopic (exact) mass is 285 g/mol. The van der Waals surface area contributed by atoms with Crippen LogP contribution in [0, 0.1) is 6.92 Å². The molecule has 21 heavy (non-hydrogen) atoms. The second-order valence-corrected chi connectivity index (χ2v) is 5.12. The van der Waals surface area contributed by atoms with Gasteiger partial charge in [-0.1, -0.05) is 0 Å². The van der Waals surface area contributed by atoms with Crippen LogP contribution in [0.25, 0.3) is 0 Å². The van der Waals surface area contributed by atoms with E-state index in [1.54, 1.807) is 12.4 Å². The minimum absolute atomic E-state index is 0.315. The Morgan fingerprint density at radius 3 is 3.05 bits per heavy atom. The number of hydrogen-bond donors (Lipinski definition) is 0. The first-order valence-corrected chi connectivity index (χ1v) is 7.22. The van der Waals surface area contributed by atoms with Crippen LogP contribution in [0.3, 0.4) is 0 Å². The molecule has 6 nitrogen and oxygen atoms in total. The Hall–Kier alpha value is -2.08. The van der Waals surface area contributed by atoms with Gasteiger partial charge in [0.15, 0.2) is 0 Å². The summed E-state index contributed by atoms with van der Waals surface area (Å²) in [5, 5.41) is 0. The predicted molar refractivity (Wildman–Crippen MR) is 79.1 cm³/mol. The van der Waals surface area contributed by atoms with Crippen molar-refractivity contribution in [1.82, 2.24) is 19.9 Å². The lowest BCUT2D eigenvalue weighted by Crippen LogP contribution is -2.46. The molecule has 3 heterocycles. The van der Waals surface area contributed by atoms with E-state index in [2.05, 4.69) is 24.8 Å². The van der Waals surface area contributed by atoms with Gasteiger partial charge in [-0.25, -0.2) is 9.97 Å². The largest absolute Gasteiger partial charge is 0.377 e. The Morgan fingerprint density at radius 2 is 2.24 bits per heavy atom. The van der Waals surface area contributed by atoms with Gasteiger partial charge in [0, 0.05) is 31.3 Å². The lowest BCUT2D eigenvalue weighted by atomic mass is 10.1. The van der Waals surface area contributed by atoms with Gasteiger partial charge >= 0.3 is 0 Å². The van der Waals surface area contributed by atoms with Crippen LogP contribution >= 0.6 is 0 Å². The van der Waals surface area contributed by atoms with Gasteiger partial charge in [0.25, 0.3) is 0 Å². The molecular formula is C15H19N5O. The number of anilines is 1. The summed E-state index contributed by atoms with van der Waals surface area (Å²) in [4.78, 5) is 19.5. The molecule has 1 aliphatic heterocycles. The van der Waals surface area contributed by atoms with Gasteiger partial charge in [-0.2, -0.15) is 0 Å². The van der Waals surface area contributed by atoms with E-state index in [0.29, 0.717) is 6.04 Å². The van der Waals surface area contributed by atoms with E-state index >= 15 is 0 Å². The number of ether oxygens (including phenoxy) is 1. The van der Waals surface area contributed by atoms with Crippen molar-refractivity contribution in [1.29, 1.82) is 0 Å². The number of hydrogen-bond acceptors (Lipinski definition) is 6. The van der Waals surface area contributed by atoms with Crippen LogP contribution in [0.5, 0.6) is 0 Å². The van der Waals surface area contributed by atoms with Gasteiger partial charge in [-0.3, -0.25) is 9.97 Å². The van der Waals surface area contributed by atoms with Crippen molar-refractivity contribution >= 4 is 5.82 Å². The average Bonchev–Trinajstić information content (AvgIpc) is 2.54. The zero-order chi connectivity index (χ0) is 14.5. The van der Waals surface area contributed by atoms with Crippen molar-refractivity contribution in [2.45, 2.75) is 25.8 Å². The maximum Gasteiger partial charge on any atom is 0.132 e. The molecular weight excluding hydrogens is 266 g/mol. The highest BCUT2D eigenvalue weighted by Crippen LogP contribution is 2.20. The third kappa shape index (κ3) is 3.52. The molecule has 3 rings (SSSR count). The van der Waals surface area contributed by atoms with E-state index in [0.717, 1.165) is 49.9 Å². The summed E-state index contributed by atoms with van der Waals surface area (Å²) >= 11 is 0. The molecule has 0 unspecified atom stereocenters. The van der Waals surface area contributed by atoms with Crippen molar-refractivity contribution in [3.63, 3.8) is 0 Å². The molecule has 1 atom stereocenters. The molecule has 0 N–H and O–H groups in total. The molecule has 0 aromatic carbocycles. The molecule has 110 valence electrons. The molecule has 2 aromatic rings. The van der Waals surface area contributed by atoms with Crippen molar-refractivity contribution in [3.05, 3.63) is 42.4 Å². The Balaban J connectivity index is 1.70. The summed E-state index contributed by atoms with van der Waals surface area (Å²) in [5.74, 6) is 1.78. The first kappa shape index (κ1) is 13.9. The van der Waals surface area contributed by atoms with Crippen LogP contribution in [0.15, 0.2) is 30.9 Å². The highest BCUT2D eigenvalue weighted by Gasteiger charge is 2.24. The molecule has 1 fully saturated rings. The first-order chi connectivity index (χ1) is 10.3. The molecule has 1 aliphatic rings. The first-order valence-electron chi connectivity index (χ1n) is 7.22. The zero-order valence-corrected chi connectivity index (χ0v) is 12.1. The molecule has 1 saturated heterocycles. The topological polar surface area (TPSA) is 64.0 Å². The lowest BCUT2D eigenvalue weighted by Gasteiger charge is -2.36. The highest BCUT2D eigenvalue weighted by molar-refractivity contribution is 5.39. The van der Waals surface area contributed by atoms with Crippen molar-refractivity contribution in [2.75, 3.05) is 24.7 Å². The molecule has 6 heteroatoms. The summed E-state index contributed by atoms with van der Waals surface area (Å²) in [7, 11) is 0. The Labute approximate surface area is 124 Å². The molecule has 0 aliphatic carbocycles. The molecule has 0 amide bonds. The number of nitrogens with zero attached hydrogens (tertiary/aromatic N) is 5. The van der Waals surface area contributed by atoms with Crippen LogP contribution < -0.4 is 4.90 Å². The number of aromatic nitrogens is 4. The fourth-order valence-electron chi connectivity index (χ4n) is 2.57. The van der Waals surface area contributed by atoms with Gasteiger partial charge < -0.3 is 9.64 Å². The molecule has 2 aromatic heterocycles. The highest BCUT2D eigenvalue weighted by atomic mass is 16.5. The summed E-state index contributed by atoms with van der Waals surface area (Å²) in [6, 6.07) is 2.28. The smallest absolute Gasteiger partial charge is 0.132 e. The van der Waals surface area contributed by atoms with E-state index < -0.39 is 0 Å². The van der Waals surface area contributed by atoms with E-state index in [1.165, 1.54) is 0 Å². The maximum absolute atomic E-state index is 5.63. The van der Waals surface area contributed by atoms with Crippen LogP contribution in [0.4, 0.5) is 5.82 Å². The van der Waals surface area contributed by atoms with Gasteiger partial charge in [0.2, 0.25) is 0 Å². The average molecular weight is 285 g/mol. The van der Waals surface area contributed by atoms with E-state index in [4.69, 9.17) is 4.74 Å². The van der Waals surface area contributed by atoms with Gasteiger partial charge in [0.05, 0.1) is 24.9 Å². The summed E-state index contributed by atoms with van der Waals surface area (Å²) in [6.45, 7) is 4.24. The SMILES string of the molecule is Cc1nccc(N2CCOC[C@@H]2CCc2cnccn2)n1. The van der Waals surface area contributed by atoms with Gasteiger partial charge in [-0.05, 0) is 25.8 Å². The summed E-state index contributed by atoms with van der Waals surface area (Å²) in [6.07, 6.45) is 8.93. The third-order valence-corrected chi connectivity index (χ3v) is 3.63. The second kappa shape index (κ2) is 6.58. The minimum Gasteiger partial charge on any atom is -0.377 e. The van der Waals surface area contributed by atoms with Gasteiger partial charge in [-0.15, -0.1) is 0 Å². The molecule has 0 saturated carbocycles. The normalized spacial score (nSPS) is 18.7. The quantitative estimate of drug-likeness (QED) is 0.846. The molecule has 0 spiro atoms. The van der Waals surface area contributed by atoms with Crippen LogP contribution in [0.2, 0.25) is 0 Å². The molecule has 0 radical (unpaired) electrons. The molecule has 0 bridgehead atoms. The van der Waals surface area contributed by atoms with Crippen LogP contribution in [0.1, 0.15) is 17.9 Å². The Morgan fingerprint density at radius 1 is 1.29 bits per heavy atom. The van der Waals surface area contributed by atoms with Crippen molar-refractivity contribution < 1.29 is 4.74 Å². The second-order valence-electron chi connectivity index (χ2n) is 5.12. The standard InChI is InChI=1S/C15H19N5O/c1-12-17-5-4-15(19-12)20-8-9-21-11-14(20)3-2-13-10-16-6-7-18-13/h4-7,10,14H,2-3,8-9,11H2,1H3/t14-/m0/s1. The summed E-state index contributed by atoms with van der Waals surface area (Å²) < 4.78 is 5.63. The minimum atomic E-state index is 0.315. The zero-order valence-electron chi connectivity index (χ0n) is 12.1. The fraction of sp³-hybridized carbons (Fsp3) is 0.467. The van der Waals surface area contributed by atoms with Crippen molar-refractivity contribution in [3.8, 4) is 0 Å². The van der Waals surface area contributed by atoms with Crippen molar-refractivity contribution in [2.24, 2.45) is 0 Å². The fourth-order valence-corrected chi connectivity index (χ4v) is 2.57. The Kier molecular flexibility index (Phi) is 4.35. The number of aryl methyl sites for hydroxylation is 2. The maximum atomic E-state index is 5.63. The Bertz CT molecular complexity index is 577. The number of morpholine rings is 1. The van der Waals surface area contributed by atoms with Gasteiger partial charge in [0.1, 0.15) is 11.6 Å². The van der Waals surface area contributed by atoms with Crippen LogP contribution in [-0.4, -0.2) is 45.7 Å². The third-order valence-electron chi connectivity index (χ3n) is 3.63. The van der Waals surface area contributed by atoms with E-state index in [1.807, 2.05) is 25.4 Å². The predicted octanol–water partition coefficient (Wildman–Crippen LogP) is 1.41. The van der Waals surface area contributed by atoms with E-state index in [9.17, 15) is 0 Å². The summed E-state index contributed by atoms with van der Waals surface area (Å²) in [5.41, 5.74) is 1.02. The lowest BCUT2D eigenvalue weighted by molar-refractivity contribution is 0.0911.